The molecule has 1 saturated heterocycles. The Hall–Kier alpha value is -0.120. The zero-order chi connectivity index (χ0) is 12.5. The second-order valence-corrected chi connectivity index (χ2v) is 6.53. The average molecular weight is 239 g/mol. The highest BCUT2D eigenvalue weighted by atomic mass is 15.2. The third kappa shape index (κ3) is 3.21. The summed E-state index contributed by atoms with van der Waals surface area (Å²) in [6, 6.07) is 0.772. The Balaban J connectivity index is 1.88. The lowest BCUT2D eigenvalue weighted by atomic mass is 9.89. The Morgan fingerprint density at radius 1 is 1.18 bits per heavy atom. The van der Waals surface area contributed by atoms with Crippen molar-refractivity contribution in [1.29, 1.82) is 0 Å². The maximum absolute atomic E-state index is 6.06. The summed E-state index contributed by atoms with van der Waals surface area (Å²) in [5.41, 5.74) is 6.32. The highest BCUT2D eigenvalue weighted by Gasteiger charge is 2.38. The third-order valence-electron chi connectivity index (χ3n) is 4.82. The van der Waals surface area contributed by atoms with Crippen molar-refractivity contribution in [3.63, 3.8) is 0 Å². The van der Waals surface area contributed by atoms with Gasteiger partial charge in [-0.1, -0.05) is 12.8 Å². The Labute approximate surface area is 106 Å². The van der Waals surface area contributed by atoms with E-state index in [0.29, 0.717) is 0 Å². The predicted octanol–water partition coefficient (Wildman–Crippen LogP) is 1.53. The zero-order valence-corrected chi connectivity index (χ0v) is 11.8. The SMILES string of the molecule is CN(C)C1CCN(C(C)(CN)CC2CC2)CC1. The minimum atomic E-state index is 0.262. The van der Waals surface area contributed by atoms with Gasteiger partial charge in [0.15, 0.2) is 0 Å². The number of nitrogens with two attached hydrogens (primary N) is 1. The van der Waals surface area contributed by atoms with Crippen molar-refractivity contribution in [2.45, 2.75) is 50.6 Å². The minimum Gasteiger partial charge on any atom is -0.329 e. The summed E-state index contributed by atoms with van der Waals surface area (Å²) in [5.74, 6) is 0.968. The second-order valence-electron chi connectivity index (χ2n) is 6.53. The molecule has 2 fully saturated rings. The molecular formula is C14H29N3. The van der Waals surface area contributed by atoms with E-state index in [1.54, 1.807) is 0 Å². The lowest BCUT2D eigenvalue weighted by Crippen LogP contribution is -2.56. The zero-order valence-electron chi connectivity index (χ0n) is 11.8. The monoisotopic (exact) mass is 239 g/mol. The number of nitrogens with zero attached hydrogens (tertiary/aromatic N) is 2. The van der Waals surface area contributed by atoms with Gasteiger partial charge in [-0.3, -0.25) is 4.90 Å². The summed E-state index contributed by atoms with van der Waals surface area (Å²) in [4.78, 5) is 5.03. The lowest BCUT2D eigenvalue weighted by molar-refractivity contribution is 0.0470. The molecule has 1 aliphatic carbocycles. The van der Waals surface area contributed by atoms with E-state index in [4.69, 9.17) is 5.73 Å². The maximum atomic E-state index is 6.06. The molecule has 0 bridgehead atoms. The molecule has 0 aromatic rings. The highest BCUT2D eigenvalue weighted by Crippen LogP contribution is 2.39. The topological polar surface area (TPSA) is 32.5 Å². The Morgan fingerprint density at radius 3 is 2.18 bits per heavy atom. The molecule has 100 valence electrons. The van der Waals surface area contributed by atoms with Crippen LogP contribution >= 0.6 is 0 Å². The fraction of sp³-hybridized carbons (Fsp3) is 1.00. The largest absolute Gasteiger partial charge is 0.329 e. The van der Waals surface area contributed by atoms with Crippen molar-refractivity contribution in [3.05, 3.63) is 0 Å². The van der Waals surface area contributed by atoms with Crippen LogP contribution in [0.2, 0.25) is 0 Å². The molecule has 3 heteroatoms. The van der Waals surface area contributed by atoms with Gasteiger partial charge < -0.3 is 10.6 Å². The molecule has 2 rings (SSSR count). The summed E-state index contributed by atoms with van der Waals surface area (Å²) in [6.07, 6.45) is 6.78. The Morgan fingerprint density at radius 2 is 1.76 bits per heavy atom. The van der Waals surface area contributed by atoms with Gasteiger partial charge in [0.1, 0.15) is 0 Å². The normalized spacial score (nSPS) is 27.4. The Kier molecular flexibility index (Phi) is 4.11. The number of hydrogen-bond acceptors (Lipinski definition) is 3. The molecular weight excluding hydrogens is 210 g/mol. The average Bonchev–Trinajstić information content (AvgIpc) is 3.13. The van der Waals surface area contributed by atoms with Crippen LogP contribution in [0.4, 0.5) is 0 Å². The number of hydrogen-bond donors (Lipinski definition) is 1. The van der Waals surface area contributed by atoms with Crippen LogP contribution in [0.25, 0.3) is 0 Å². The standard InChI is InChI=1S/C14H29N3/c1-14(11-15,10-12-4-5-12)17-8-6-13(7-9-17)16(2)3/h12-13H,4-11,15H2,1-3H3. The molecule has 0 radical (unpaired) electrons. The van der Waals surface area contributed by atoms with E-state index >= 15 is 0 Å². The second kappa shape index (κ2) is 5.25. The molecule has 0 amide bonds. The van der Waals surface area contributed by atoms with Crippen LogP contribution in [0.15, 0.2) is 0 Å². The first-order valence-corrected chi connectivity index (χ1v) is 7.17. The van der Waals surface area contributed by atoms with Crippen molar-refractivity contribution in [3.8, 4) is 0 Å². The molecule has 1 atom stereocenters. The van der Waals surface area contributed by atoms with Crippen LogP contribution in [0.3, 0.4) is 0 Å². The number of piperidine rings is 1. The van der Waals surface area contributed by atoms with Gasteiger partial charge >= 0.3 is 0 Å². The van der Waals surface area contributed by atoms with Gasteiger partial charge in [0.2, 0.25) is 0 Å². The maximum Gasteiger partial charge on any atom is 0.0306 e. The van der Waals surface area contributed by atoms with Gasteiger partial charge in [-0.15, -0.1) is 0 Å². The first-order chi connectivity index (χ1) is 8.05. The fourth-order valence-corrected chi connectivity index (χ4v) is 3.21. The molecule has 3 nitrogen and oxygen atoms in total. The van der Waals surface area contributed by atoms with Crippen molar-refractivity contribution >= 4 is 0 Å². The third-order valence-corrected chi connectivity index (χ3v) is 4.82. The van der Waals surface area contributed by atoms with Crippen molar-refractivity contribution < 1.29 is 0 Å². The molecule has 0 aromatic heterocycles. The Bertz CT molecular complexity index is 242. The summed E-state index contributed by atoms with van der Waals surface area (Å²) >= 11 is 0. The van der Waals surface area contributed by atoms with E-state index in [1.807, 2.05) is 0 Å². The fourth-order valence-electron chi connectivity index (χ4n) is 3.21. The van der Waals surface area contributed by atoms with Crippen LogP contribution in [0, 0.1) is 5.92 Å². The van der Waals surface area contributed by atoms with E-state index < -0.39 is 0 Å². The van der Waals surface area contributed by atoms with E-state index in [2.05, 4.69) is 30.8 Å². The highest BCUT2D eigenvalue weighted by molar-refractivity contribution is 4.95. The van der Waals surface area contributed by atoms with Gasteiger partial charge in [-0.05, 0) is 46.2 Å². The van der Waals surface area contributed by atoms with E-state index in [9.17, 15) is 0 Å². The van der Waals surface area contributed by atoms with Gasteiger partial charge in [-0.2, -0.15) is 0 Å². The van der Waals surface area contributed by atoms with Gasteiger partial charge in [0.25, 0.3) is 0 Å². The van der Waals surface area contributed by atoms with Crippen molar-refractivity contribution in [1.82, 2.24) is 9.80 Å². The number of rotatable bonds is 5. The summed E-state index contributed by atoms with van der Waals surface area (Å²) < 4.78 is 0. The molecule has 1 aliphatic heterocycles. The van der Waals surface area contributed by atoms with Crippen LogP contribution in [0.5, 0.6) is 0 Å². The van der Waals surface area contributed by atoms with Crippen molar-refractivity contribution in [2.75, 3.05) is 33.7 Å². The number of likely N-dealkylation sites (tertiary alicyclic amines) is 1. The molecule has 1 unspecified atom stereocenters. The summed E-state index contributed by atoms with van der Waals surface area (Å²) in [5, 5.41) is 0. The van der Waals surface area contributed by atoms with Crippen LogP contribution < -0.4 is 5.73 Å². The van der Waals surface area contributed by atoms with Crippen LogP contribution in [-0.2, 0) is 0 Å². The molecule has 1 heterocycles. The van der Waals surface area contributed by atoms with E-state index in [-0.39, 0.29) is 5.54 Å². The van der Waals surface area contributed by atoms with Crippen LogP contribution in [-0.4, -0.2) is 55.1 Å². The first-order valence-electron chi connectivity index (χ1n) is 7.17. The molecule has 2 N–H and O–H groups in total. The lowest BCUT2D eigenvalue weighted by Gasteiger charge is -2.46. The summed E-state index contributed by atoms with van der Waals surface area (Å²) in [7, 11) is 4.40. The molecule has 2 aliphatic rings. The van der Waals surface area contributed by atoms with Gasteiger partial charge in [0, 0.05) is 31.2 Å². The van der Waals surface area contributed by atoms with Crippen LogP contribution in [0.1, 0.15) is 39.0 Å². The predicted molar refractivity (Wildman–Crippen MR) is 73.1 cm³/mol. The van der Waals surface area contributed by atoms with Gasteiger partial charge in [0.05, 0.1) is 0 Å². The smallest absolute Gasteiger partial charge is 0.0306 e. The molecule has 0 spiro atoms. The van der Waals surface area contributed by atoms with E-state index in [1.165, 1.54) is 45.2 Å². The molecule has 1 saturated carbocycles. The minimum absolute atomic E-state index is 0.262. The molecule has 0 aromatic carbocycles. The first kappa shape index (κ1) is 13.3. The summed E-state index contributed by atoms with van der Waals surface area (Å²) in [6.45, 7) is 5.64. The quantitative estimate of drug-likeness (QED) is 0.790. The van der Waals surface area contributed by atoms with E-state index in [0.717, 1.165) is 18.5 Å². The molecule has 17 heavy (non-hydrogen) atoms. The van der Waals surface area contributed by atoms with Gasteiger partial charge in [-0.25, -0.2) is 0 Å². The van der Waals surface area contributed by atoms with Crippen molar-refractivity contribution in [2.24, 2.45) is 11.7 Å².